The lowest BCUT2D eigenvalue weighted by Crippen LogP contribution is -2.10. The highest BCUT2D eigenvalue weighted by Gasteiger charge is 2.26. The van der Waals surface area contributed by atoms with Gasteiger partial charge >= 0.3 is 0 Å². The lowest BCUT2D eigenvalue weighted by Gasteiger charge is -2.14. The smallest absolute Gasteiger partial charge is 0.0608 e. The van der Waals surface area contributed by atoms with E-state index in [0.29, 0.717) is 5.92 Å². The third kappa shape index (κ3) is 1.87. The van der Waals surface area contributed by atoms with Crippen LogP contribution in [0.3, 0.4) is 0 Å². The fourth-order valence-electron chi connectivity index (χ4n) is 2.07. The zero-order valence-electron chi connectivity index (χ0n) is 7.41. The van der Waals surface area contributed by atoms with Gasteiger partial charge in [-0.25, -0.2) is 0 Å². The summed E-state index contributed by atoms with van der Waals surface area (Å²) in [7, 11) is 0. The van der Waals surface area contributed by atoms with Crippen LogP contribution >= 0.6 is 11.6 Å². The summed E-state index contributed by atoms with van der Waals surface area (Å²) in [6.07, 6.45) is 2.97. The van der Waals surface area contributed by atoms with Crippen molar-refractivity contribution in [2.45, 2.75) is 31.3 Å². The number of aliphatic hydroxyl groups is 1. The van der Waals surface area contributed by atoms with E-state index in [2.05, 4.69) is 0 Å². The first kappa shape index (κ1) is 9.04. The molecular weight excluding hydrogens is 184 g/mol. The molecule has 13 heavy (non-hydrogen) atoms. The molecule has 0 bridgehead atoms. The van der Waals surface area contributed by atoms with E-state index in [9.17, 15) is 5.11 Å². The Morgan fingerprint density at radius 3 is 2.77 bits per heavy atom. The Bertz CT molecular complexity index is 298. The SMILES string of the molecule is OC1CCCC1c1cccc(Cl)c1. The van der Waals surface area contributed by atoms with Gasteiger partial charge in [0.05, 0.1) is 6.10 Å². The molecule has 1 aromatic carbocycles. The minimum Gasteiger partial charge on any atom is -0.392 e. The molecule has 0 aliphatic heterocycles. The summed E-state index contributed by atoms with van der Waals surface area (Å²) in [6, 6.07) is 7.82. The lowest BCUT2D eigenvalue weighted by atomic mass is 9.96. The van der Waals surface area contributed by atoms with E-state index in [1.54, 1.807) is 0 Å². The van der Waals surface area contributed by atoms with Gasteiger partial charge in [0.15, 0.2) is 0 Å². The van der Waals surface area contributed by atoms with Crippen LogP contribution in [-0.4, -0.2) is 11.2 Å². The van der Waals surface area contributed by atoms with Crippen LogP contribution < -0.4 is 0 Å². The lowest BCUT2D eigenvalue weighted by molar-refractivity contribution is 0.164. The van der Waals surface area contributed by atoms with Crippen LogP contribution in [0, 0.1) is 0 Å². The molecule has 1 nitrogen and oxygen atoms in total. The molecule has 0 spiro atoms. The Morgan fingerprint density at radius 1 is 1.31 bits per heavy atom. The van der Waals surface area contributed by atoms with Gasteiger partial charge in [-0.3, -0.25) is 0 Å². The van der Waals surface area contributed by atoms with E-state index in [1.165, 1.54) is 5.56 Å². The van der Waals surface area contributed by atoms with Crippen LogP contribution in [0.4, 0.5) is 0 Å². The third-order valence-electron chi connectivity index (χ3n) is 2.76. The molecule has 1 fully saturated rings. The second-order valence-corrected chi connectivity index (χ2v) is 4.10. The van der Waals surface area contributed by atoms with Crippen molar-refractivity contribution in [3.05, 3.63) is 34.9 Å². The zero-order valence-corrected chi connectivity index (χ0v) is 8.17. The topological polar surface area (TPSA) is 20.2 Å². The highest BCUT2D eigenvalue weighted by molar-refractivity contribution is 6.30. The highest BCUT2D eigenvalue weighted by atomic mass is 35.5. The van der Waals surface area contributed by atoms with Crippen molar-refractivity contribution >= 4 is 11.6 Å². The Kier molecular flexibility index (Phi) is 2.56. The van der Waals surface area contributed by atoms with E-state index in [1.807, 2.05) is 24.3 Å². The number of halogens is 1. The summed E-state index contributed by atoms with van der Waals surface area (Å²) in [6.45, 7) is 0. The first-order valence-corrected chi connectivity index (χ1v) is 5.09. The van der Waals surface area contributed by atoms with Crippen molar-refractivity contribution in [2.75, 3.05) is 0 Å². The number of hydrogen-bond acceptors (Lipinski definition) is 1. The maximum absolute atomic E-state index is 9.69. The van der Waals surface area contributed by atoms with Gasteiger partial charge in [-0.15, -0.1) is 0 Å². The Morgan fingerprint density at radius 2 is 2.15 bits per heavy atom. The molecule has 0 saturated heterocycles. The largest absolute Gasteiger partial charge is 0.392 e. The van der Waals surface area contributed by atoms with Crippen molar-refractivity contribution in [2.24, 2.45) is 0 Å². The second kappa shape index (κ2) is 3.69. The van der Waals surface area contributed by atoms with Gasteiger partial charge in [0.2, 0.25) is 0 Å². The van der Waals surface area contributed by atoms with E-state index < -0.39 is 0 Å². The fourth-order valence-corrected chi connectivity index (χ4v) is 2.27. The monoisotopic (exact) mass is 196 g/mol. The number of aliphatic hydroxyl groups excluding tert-OH is 1. The third-order valence-corrected chi connectivity index (χ3v) is 2.99. The van der Waals surface area contributed by atoms with Crippen molar-refractivity contribution < 1.29 is 5.11 Å². The molecule has 1 saturated carbocycles. The molecule has 1 N–H and O–H groups in total. The van der Waals surface area contributed by atoms with Crippen molar-refractivity contribution in [3.8, 4) is 0 Å². The summed E-state index contributed by atoms with van der Waals surface area (Å²) in [5.41, 5.74) is 1.18. The second-order valence-electron chi connectivity index (χ2n) is 3.66. The van der Waals surface area contributed by atoms with Crippen LogP contribution in [-0.2, 0) is 0 Å². The average molecular weight is 197 g/mol. The van der Waals surface area contributed by atoms with Gasteiger partial charge in [0.25, 0.3) is 0 Å². The summed E-state index contributed by atoms with van der Waals surface area (Å²) in [5.74, 6) is 0.304. The Balaban J connectivity index is 2.24. The maximum Gasteiger partial charge on any atom is 0.0608 e. The Labute approximate surface area is 83.3 Å². The van der Waals surface area contributed by atoms with Gasteiger partial charge < -0.3 is 5.11 Å². The molecular formula is C11H13ClO. The molecule has 0 amide bonds. The zero-order chi connectivity index (χ0) is 9.26. The first-order valence-electron chi connectivity index (χ1n) is 4.71. The van der Waals surface area contributed by atoms with Crippen molar-refractivity contribution in [1.29, 1.82) is 0 Å². The van der Waals surface area contributed by atoms with Crippen LogP contribution in [0.25, 0.3) is 0 Å². The van der Waals surface area contributed by atoms with Crippen LogP contribution in [0.1, 0.15) is 30.7 Å². The minimum absolute atomic E-state index is 0.168. The molecule has 0 aromatic heterocycles. The maximum atomic E-state index is 9.69. The predicted molar refractivity (Wildman–Crippen MR) is 54.1 cm³/mol. The van der Waals surface area contributed by atoms with Gasteiger partial charge in [-0.1, -0.05) is 30.2 Å². The van der Waals surface area contributed by atoms with Gasteiger partial charge in [-0.2, -0.15) is 0 Å². The molecule has 2 atom stereocenters. The molecule has 2 unspecified atom stereocenters. The molecule has 2 rings (SSSR count). The summed E-state index contributed by atoms with van der Waals surface area (Å²) in [4.78, 5) is 0. The summed E-state index contributed by atoms with van der Waals surface area (Å²) >= 11 is 5.89. The van der Waals surface area contributed by atoms with Crippen LogP contribution in [0.5, 0.6) is 0 Å². The molecule has 1 aliphatic carbocycles. The van der Waals surface area contributed by atoms with Gasteiger partial charge in [0, 0.05) is 10.9 Å². The number of rotatable bonds is 1. The highest BCUT2D eigenvalue weighted by Crippen LogP contribution is 2.35. The summed E-state index contributed by atoms with van der Waals surface area (Å²) in [5, 5.41) is 10.5. The Hall–Kier alpha value is -0.530. The summed E-state index contributed by atoms with van der Waals surface area (Å²) < 4.78 is 0. The molecule has 0 radical (unpaired) electrons. The standard InChI is InChI=1S/C11H13ClO/c12-9-4-1-3-8(7-9)10-5-2-6-11(10)13/h1,3-4,7,10-11,13H,2,5-6H2. The quantitative estimate of drug-likeness (QED) is 0.732. The van der Waals surface area contributed by atoms with Crippen molar-refractivity contribution in [3.63, 3.8) is 0 Å². The normalized spacial score (nSPS) is 27.8. The van der Waals surface area contributed by atoms with Crippen molar-refractivity contribution in [1.82, 2.24) is 0 Å². The van der Waals surface area contributed by atoms with Crippen LogP contribution in [0.15, 0.2) is 24.3 Å². The van der Waals surface area contributed by atoms with Crippen LogP contribution in [0.2, 0.25) is 5.02 Å². The van der Waals surface area contributed by atoms with E-state index >= 15 is 0 Å². The predicted octanol–water partition coefficient (Wildman–Crippen LogP) is 2.97. The van der Waals surface area contributed by atoms with E-state index in [0.717, 1.165) is 24.3 Å². The minimum atomic E-state index is -0.168. The molecule has 1 aromatic rings. The molecule has 0 heterocycles. The average Bonchev–Trinajstić information content (AvgIpc) is 2.51. The molecule has 2 heteroatoms. The first-order chi connectivity index (χ1) is 6.27. The molecule has 70 valence electrons. The fraction of sp³-hybridized carbons (Fsp3) is 0.455. The molecule has 1 aliphatic rings. The number of benzene rings is 1. The van der Waals surface area contributed by atoms with E-state index in [-0.39, 0.29) is 6.10 Å². The van der Waals surface area contributed by atoms with Gasteiger partial charge in [-0.05, 0) is 30.5 Å². The number of hydrogen-bond donors (Lipinski definition) is 1. The van der Waals surface area contributed by atoms with E-state index in [4.69, 9.17) is 11.6 Å². The van der Waals surface area contributed by atoms with Gasteiger partial charge in [0.1, 0.15) is 0 Å².